The maximum absolute atomic E-state index is 6.71. The normalized spacial score (nSPS) is 34.3. The molecule has 0 spiro atoms. The van der Waals surface area contributed by atoms with Gasteiger partial charge >= 0.3 is 0 Å². The summed E-state index contributed by atoms with van der Waals surface area (Å²) in [4.78, 5) is 10.0. The Bertz CT molecular complexity index is 398. The topological polar surface area (TPSA) is 44.9 Å². The third-order valence-corrected chi connectivity index (χ3v) is 6.71. The van der Waals surface area contributed by atoms with Crippen molar-refractivity contribution in [1.82, 2.24) is 9.80 Å². The predicted octanol–water partition coefficient (Wildman–Crippen LogP) is 3.94. The van der Waals surface area contributed by atoms with E-state index < -0.39 is 0 Å². The average Bonchev–Trinajstić information content (AvgIpc) is 2.67. The molecule has 0 bridgehead atoms. The van der Waals surface area contributed by atoms with E-state index in [4.69, 9.17) is 10.7 Å². The summed E-state index contributed by atoms with van der Waals surface area (Å²) < 4.78 is 0. The highest BCUT2D eigenvalue weighted by atomic mass is 15.2. The van der Waals surface area contributed by atoms with Crippen LogP contribution in [-0.4, -0.2) is 67.4 Å². The van der Waals surface area contributed by atoms with E-state index in [0.29, 0.717) is 18.0 Å². The van der Waals surface area contributed by atoms with Gasteiger partial charge in [0.05, 0.1) is 6.54 Å². The van der Waals surface area contributed by atoms with Crippen molar-refractivity contribution in [3.05, 3.63) is 0 Å². The molecule has 2 aliphatic heterocycles. The lowest BCUT2D eigenvalue weighted by Gasteiger charge is -2.44. The van der Waals surface area contributed by atoms with Gasteiger partial charge < -0.3 is 10.6 Å². The second kappa shape index (κ2) is 12.1. The standard InChI is InChI=1S/C22H44N4/c1-4-5-6-11-15-26-16-13-20(21(23)18-26)22-17-24-14-10-8-7-9-12-19(2)25(22)3/h14,19-22H,4-13,15-18,23H2,1-3H3/b24-14-. The van der Waals surface area contributed by atoms with Gasteiger partial charge in [0.25, 0.3) is 0 Å². The molecule has 2 aliphatic rings. The van der Waals surface area contributed by atoms with Gasteiger partial charge in [0.1, 0.15) is 0 Å². The van der Waals surface area contributed by atoms with Crippen LogP contribution >= 0.6 is 0 Å². The third-order valence-electron chi connectivity index (χ3n) is 6.71. The van der Waals surface area contributed by atoms with Crippen molar-refractivity contribution in [2.24, 2.45) is 16.6 Å². The van der Waals surface area contributed by atoms with Crippen LogP contribution in [0.3, 0.4) is 0 Å². The third kappa shape index (κ3) is 6.94. The van der Waals surface area contributed by atoms with Gasteiger partial charge in [0.15, 0.2) is 0 Å². The van der Waals surface area contributed by atoms with Gasteiger partial charge in [-0.2, -0.15) is 0 Å². The molecule has 1 saturated heterocycles. The maximum Gasteiger partial charge on any atom is 0.0544 e. The summed E-state index contributed by atoms with van der Waals surface area (Å²) >= 11 is 0. The van der Waals surface area contributed by atoms with Gasteiger partial charge in [0.2, 0.25) is 0 Å². The molecule has 152 valence electrons. The Morgan fingerprint density at radius 3 is 2.73 bits per heavy atom. The number of unbranched alkanes of at least 4 members (excludes halogenated alkanes) is 3. The van der Waals surface area contributed by atoms with Crippen LogP contribution in [0, 0.1) is 5.92 Å². The number of nitrogens with zero attached hydrogens (tertiary/aromatic N) is 3. The van der Waals surface area contributed by atoms with Crippen LogP contribution < -0.4 is 5.73 Å². The maximum atomic E-state index is 6.71. The van der Waals surface area contributed by atoms with Crippen molar-refractivity contribution in [1.29, 1.82) is 0 Å². The molecule has 0 amide bonds. The molecule has 2 N–H and O–H groups in total. The Balaban J connectivity index is 1.92. The van der Waals surface area contributed by atoms with Gasteiger partial charge in [-0.3, -0.25) is 9.89 Å². The molecule has 4 heteroatoms. The summed E-state index contributed by atoms with van der Waals surface area (Å²) in [6, 6.07) is 1.42. The first-order valence-electron chi connectivity index (χ1n) is 11.3. The number of aliphatic imine (C=N–C) groups is 1. The molecule has 0 aromatic heterocycles. The average molecular weight is 365 g/mol. The summed E-state index contributed by atoms with van der Waals surface area (Å²) in [7, 11) is 2.31. The number of rotatable bonds is 6. The van der Waals surface area contributed by atoms with Crippen LogP contribution in [-0.2, 0) is 0 Å². The molecular formula is C22H44N4. The van der Waals surface area contributed by atoms with Crippen LogP contribution in [0.4, 0.5) is 0 Å². The minimum atomic E-state index is 0.287. The molecule has 0 radical (unpaired) electrons. The summed E-state index contributed by atoms with van der Waals surface area (Å²) in [6.07, 6.45) is 15.2. The number of likely N-dealkylation sites (tertiary alicyclic amines) is 1. The first-order valence-corrected chi connectivity index (χ1v) is 11.3. The number of nitrogens with two attached hydrogens (primary N) is 1. The molecule has 2 heterocycles. The quantitative estimate of drug-likeness (QED) is 0.726. The Kier molecular flexibility index (Phi) is 10.2. The highest BCUT2D eigenvalue weighted by molar-refractivity contribution is 5.57. The molecule has 0 aromatic rings. The van der Waals surface area contributed by atoms with E-state index >= 15 is 0 Å². The molecule has 4 unspecified atom stereocenters. The fraction of sp³-hybridized carbons (Fsp3) is 0.955. The number of likely N-dealkylation sites (N-methyl/N-ethyl adjacent to an activating group) is 1. The van der Waals surface area contributed by atoms with Gasteiger partial charge in [-0.15, -0.1) is 0 Å². The van der Waals surface area contributed by atoms with Crippen LogP contribution in [0.2, 0.25) is 0 Å². The predicted molar refractivity (Wildman–Crippen MR) is 114 cm³/mol. The molecule has 4 nitrogen and oxygen atoms in total. The van der Waals surface area contributed by atoms with E-state index in [9.17, 15) is 0 Å². The van der Waals surface area contributed by atoms with E-state index in [1.165, 1.54) is 70.9 Å². The lowest BCUT2D eigenvalue weighted by molar-refractivity contribution is 0.0673. The fourth-order valence-corrected chi connectivity index (χ4v) is 4.74. The van der Waals surface area contributed by atoms with Gasteiger partial charge in [-0.1, -0.05) is 39.0 Å². The van der Waals surface area contributed by atoms with Gasteiger partial charge in [0, 0.05) is 24.7 Å². The summed E-state index contributed by atoms with van der Waals surface area (Å²) in [6.45, 7) is 9.11. The second-order valence-electron chi connectivity index (χ2n) is 8.75. The number of piperidine rings is 1. The molecule has 0 aliphatic carbocycles. The number of hydrogen-bond donors (Lipinski definition) is 1. The minimum absolute atomic E-state index is 0.287. The van der Waals surface area contributed by atoms with Crippen LogP contribution in [0.25, 0.3) is 0 Å². The molecule has 26 heavy (non-hydrogen) atoms. The van der Waals surface area contributed by atoms with E-state index in [1.54, 1.807) is 0 Å². The van der Waals surface area contributed by atoms with Gasteiger partial charge in [-0.05, 0) is 71.3 Å². The summed E-state index contributed by atoms with van der Waals surface area (Å²) in [5.74, 6) is 0.576. The molecule has 2 rings (SSSR count). The summed E-state index contributed by atoms with van der Waals surface area (Å²) in [5.41, 5.74) is 6.71. The highest BCUT2D eigenvalue weighted by Crippen LogP contribution is 2.26. The minimum Gasteiger partial charge on any atom is -0.326 e. The fourth-order valence-electron chi connectivity index (χ4n) is 4.74. The Morgan fingerprint density at radius 1 is 1.12 bits per heavy atom. The zero-order valence-corrected chi connectivity index (χ0v) is 17.7. The lowest BCUT2D eigenvalue weighted by Crippen LogP contribution is -2.57. The molecule has 1 fully saturated rings. The van der Waals surface area contributed by atoms with Crippen molar-refractivity contribution in [3.8, 4) is 0 Å². The van der Waals surface area contributed by atoms with Crippen molar-refractivity contribution < 1.29 is 0 Å². The second-order valence-corrected chi connectivity index (χ2v) is 8.75. The van der Waals surface area contributed by atoms with E-state index in [1.807, 2.05) is 0 Å². The largest absolute Gasteiger partial charge is 0.326 e. The van der Waals surface area contributed by atoms with E-state index in [0.717, 1.165) is 19.5 Å². The highest BCUT2D eigenvalue weighted by Gasteiger charge is 2.35. The molecule has 4 atom stereocenters. The zero-order chi connectivity index (χ0) is 18.8. The van der Waals surface area contributed by atoms with Gasteiger partial charge in [-0.25, -0.2) is 0 Å². The Morgan fingerprint density at radius 2 is 1.96 bits per heavy atom. The lowest BCUT2D eigenvalue weighted by atomic mass is 9.84. The van der Waals surface area contributed by atoms with E-state index in [-0.39, 0.29) is 6.04 Å². The van der Waals surface area contributed by atoms with Crippen molar-refractivity contribution in [2.45, 2.75) is 96.2 Å². The van der Waals surface area contributed by atoms with Crippen LogP contribution in [0.1, 0.15) is 78.1 Å². The van der Waals surface area contributed by atoms with Crippen LogP contribution in [0.5, 0.6) is 0 Å². The van der Waals surface area contributed by atoms with Crippen LogP contribution in [0.15, 0.2) is 4.99 Å². The zero-order valence-electron chi connectivity index (χ0n) is 17.7. The van der Waals surface area contributed by atoms with E-state index in [2.05, 4.69) is 36.9 Å². The Labute approximate surface area is 162 Å². The molecule has 0 saturated carbocycles. The SMILES string of the molecule is CCCCCCN1CCC(C2C/N=C\CCCCCC(C)N2C)C(N)C1. The number of hydrogen-bond acceptors (Lipinski definition) is 4. The van der Waals surface area contributed by atoms with Crippen molar-refractivity contribution in [3.63, 3.8) is 0 Å². The van der Waals surface area contributed by atoms with Crippen molar-refractivity contribution >= 4 is 6.21 Å². The smallest absolute Gasteiger partial charge is 0.0544 e. The first-order chi connectivity index (χ1) is 12.6. The summed E-state index contributed by atoms with van der Waals surface area (Å²) in [5, 5.41) is 0. The molecule has 0 aromatic carbocycles. The first kappa shape index (κ1) is 21.8. The Hall–Kier alpha value is -0.450. The van der Waals surface area contributed by atoms with Crippen molar-refractivity contribution in [2.75, 3.05) is 33.2 Å². The monoisotopic (exact) mass is 364 g/mol. The molecular weight excluding hydrogens is 320 g/mol.